The van der Waals surface area contributed by atoms with Crippen LogP contribution in [0.4, 0.5) is 4.79 Å². The van der Waals surface area contributed by atoms with Crippen molar-refractivity contribution in [1.29, 1.82) is 0 Å². The van der Waals surface area contributed by atoms with Gasteiger partial charge in [-0.15, -0.1) is 0 Å². The van der Waals surface area contributed by atoms with E-state index in [0.717, 1.165) is 0 Å². The molecule has 3 aliphatic heterocycles. The van der Waals surface area contributed by atoms with E-state index < -0.39 is 0 Å². The van der Waals surface area contributed by atoms with Gasteiger partial charge in [0.05, 0.1) is 13.2 Å². The molecule has 8 nitrogen and oxygen atoms in total. The number of benzene rings is 1. The molecule has 0 spiro atoms. The van der Waals surface area contributed by atoms with E-state index >= 15 is 0 Å². The molecule has 0 N–H and O–H groups in total. The number of carbonyl (C=O) groups excluding carboxylic acids is 2. The lowest BCUT2D eigenvalue weighted by Gasteiger charge is -2.38. The zero-order valence-electron chi connectivity index (χ0n) is 14.0. The minimum absolute atomic E-state index is 0.0403. The van der Waals surface area contributed by atoms with Crippen LogP contribution in [0.15, 0.2) is 18.2 Å². The Morgan fingerprint density at radius 2 is 1.44 bits per heavy atom. The van der Waals surface area contributed by atoms with Crippen molar-refractivity contribution in [2.24, 2.45) is 0 Å². The number of morpholine rings is 1. The third-order valence-corrected chi connectivity index (χ3v) is 4.74. The van der Waals surface area contributed by atoms with E-state index in [0.29, 0.717) is 69.5 Å². The summed E-state index contributed by atoms with van der Waals surface area (Å²) in [7, 11) is 0. The van der Waals surface area contributed by atoms with E-state index in [-0.39, 0.29) is 18.7 Å². The minimum atomic E-state index is -0.0447. The molecule has 4 rings (SSSR count). The number of rotatable bonds is 1. The first-order chi connectivity index (χ1) is 12.2. The lowest BCUT2D eigenvalue weighted by atomic mass is 10.1. The van der Waals surface area contributed by atoms with Gasteiger partial charge in [0.2, 0.25) is 6.79 Å². The predicted octanol–water partition coefficient (Wildman–Crippen LogP) is 0.625. The summed E-state index contributed by atoms with van der Waals surface area (Å²) in [6, 6.07) is 5.27. The normalized spacial score (nSPS) is 19.9. The van der Waals surface area contributed by atoms with Crippen LogP contribution >= 0.6 is 0 Å². The molecule has 0 aromatic heterocycles. The maximum Gasteiger partial charge on any atom is 0.320 e. The molecular formula is C17H21N3O5. The van der Waals surface area contributed by atoms with E-state index in [1.54, 1.807) is 23.1 Å². The van der Waals surface area contributed by atoms with E-state index in [2.05, 4.69) is 0 Å². The molecule has 1 aromatic carbocycles. The number of fused-ring (bicyclic) bond motifs is 1. The largest absolute Gasteiger partial charge is 0.454 e. The summed E-state index contributed by atoms with van der Waals surface area (Å²) in [6.45, 7) is 4.80. The summed E-state index contributed by atoms with van der Waals surface area (Å²) in [6.07, 6.45) is 0. The monoisotopic (exact) mass is 347 g/mol. The molecule has 25 heavy (non-hydrogen) atoms. The second-order valence-corrected chi connectivity index (χ2v) is 6.23. The smallest absolute Gasteiger partial charge is 0.320 e. The van der Waals surface area contributed by atoms with Crippen LogP contribution in [-0.4, -0.2) is 85.9 Å². The highest BCUT2D eigenvalue weighted by molar-refractivity contribution is 5.95. The fourth-order valence-electron chi connectivity index (χ4n) is 3.27. The van der Waals surface area contributed by atoms with Crippen LogP contribution in [0.25, 0.3) is 0 Å². The molecule has 2 fully saturated rings. The van der Waals surface area contributed by atoms with Crippen molar-refractivity contribution in [3.05, 3.63) is 23.8 Å². The van der Waals surface area contributed by atoms with Gasteiger partial charge in [0.25, 0.3) is 5.91 Å². The molecule has 134 valence electrons. The third kappa shape index (κ3) is 3.21. The van der Waals surface area contributed by atoms with Gasteiger partial charge in [0.1, 0.15) is 0 Å². The van der Waals surface area contributed by atoms with Crippen LogP contribution in [0.3, 0.4) is 0 Å². The van der Waals surface area contributed by atoms with Crippen LogP contribution < -0.4 is 9.47 Å². The zero-order chi connectivity index (χ0) is 17.2. The maximum absolute atomic E-state index is 12.7. The van der Waals surface area contributed by atoms with Crippen LogP contribution in [0.1, 0.15) is 10.4 Å². The number of urea groups is 1. The van der Waals surface area contributed by atoms with Gasteiger partial charge in [-0.25, -0.2) is 4.79 Å². The highest BCUT2D eigenvalue weighted by atomic mass is 16.7. The van der Waals surface area contributed by atoms with E-state index in [1.165, 1.54) is 0 Å². The van der Waals surface area contributed by atoms with Crippen molar-refractivity contribution in [2.75, 3.05) is 59.3 Å². The van der Waals surface area contributed by atoms with E-state index in [1.807, 2.05) is 9.80 Å². The topological polar surface area (TPSA) is 71.6 Å². The number of ether oxygens (including phenoxy) is 3. The van der Waals surface area contributed by atoms with Gasteiger partial charge in [-0.1, -0.05) is 0 Å². The summed E-state index contributed by atoms with van der Waals surface area (Å²) < 4.78 is 15.9. The van der Waals surface area contributed by atoms with Gasteiger partial charge in [-0.05, 0) is 18.2 Å². The average Bonchev–Trinajstić information content (AvgIpc) is 3.15. The van der Waals surface area contributed by atoms with Crippen LogP contribution in [0.2, 0.25) is 0 Å². The molecule has 3 amide bonds. The molecule has 0 bridgehead atoms. The summed E-state index contributed by atoms with van der Waals surface area (Å²) in [4.78, 5) is 30.6. The van der Waals surface area contributed by atoms with Gasteiger partial charge in [-0.3, -0.25) is 4.79 Å². The Morgan fingerprint density at radius 1 is 0.800 bits per heavy atom. The van der Waals surface area contributed by atoms with Crippen molar-refractivity contribution in [1.82, 2.24) is 14.7 Å². The SMILES string of the molecule is O=C(c1ccc2c(c1)OCO2)N1CCN(C(=O)N2CCOCC2)CC1. The van der Waals surface area contributed by atoms with Gasteiger partial charge < -0.3 is 28.9 Å². The fraction of sp³-hybridized carbons (Fsp3) is 0.529. The molecule has 0 saturated carbocycles. The Bertz CT molecular complexity index is 666. The van der Waals surface area contributed by atoms with Gasteiger partial charge in [0.15, 0.2) is 11.5 Å². The molecular weight excluding hydrogens is 326 g/mol. The number of amides is 3. The molecule has 3 aliphatic rings. The molecule has 3 heterocycles. The van der Waals surface area contributed by atoms with Gasteiger partial charge >= 0.3 is 6.03 Å². The Hall–Kier alpha value is -2.48. The zero-order valence-corrected chi connectivity index (χ0v) is 14.0. The highest BCUT2D eigenvalue weighted by Crippen LogP contribution is 2.32. The van der Waals surface area contributed by atoms with Crippen molar-refractivity contribution in [3.8, 4) is 11.5 Å². The Balaban J connectivity index is 1.35. The molecule has 1 aromatic rings. The first-order valence-electron chi connectivity index (χ1n) is 8.53. The summed E-state index contributed by atoms with van der Waals surface area (Å²) in [5.74, 6) is 1.22. The minimum Gasteiger partial charge on any atom is -0.454 e. The molecule has 0 unspecified atom stereocenters. The van der Waals surface area contributed by atoms with Gasteiger partial charge in [0, 0.05) is 44.8 Å². The lowest BCUT2D eigenvalue weighted by Crippen LogP contribution is -2.55. The number of hydrogen-bond donors (Lipinski definition) is 0. The number of piperazine rings is 1. The van der Waals surface area contributed by atoms with Crippen LogP contribution in [0, 0.1) is 0 Å². The second-order valence-electron chi connectivity index (χ2n) is 6.23. The number of carbonyl (C=O) groups is 2. The van der Waals surface area contributed by atoms with Crippen LogP contribution in [-0.2, 0) is 4.74 Å². The summed E-state index contributed by atoms with van der Waals surface area (Å²) >= 11 is 0. The lowest BCUT2D eigenvalue weighted by molar-refractivity contribution is 0.0362. The third-order valence-electron chi connectivity index (χ3n) is 4.74. The molecule has 0 radical (unpaired) electrons. The van der Waals surface area contributed by atoms with Crippen molar-refractivity contribution >= 4 is 11.9 Å². The second kappa shape index (κ2) is 6.79. The molecule has 0 aliphatic carbocycles. The first-order valence-corrected chi connectivity index (χ1v) is 8.53. The molecule has 0 atom stereocenters. The summed E-state index contributed by atoms with van der Waals surface area (Å²) in [5, 5.41) is 0. The van der Waals surface area contributed by atoms with Crippen molar-refractivity contribution < 1.29 is 23.8 Å². The van der Waals surface area contributed by atoms with Crippen molar-refractivity contribution in [2.45, 2.75) is 0 Å². The number of nitrogens with zero attached hydrogens (tertiary/aromatic N) is 3. The Morgan fingerprint density at radius 3 is 2.20 bits per heavy atom. The predicted molar refractivity (Wildman–Crippen MR) is 87.8 cm³/mol. The quantitative estimate of drug-likeness (QED) is 0.745. The summed E-state index contributed by atoms with van der Waals surface area (Å²) in [5.41, 5.74) is 0.581. The maximum atomic E-state index is 12.7. The van der Waals surface area contributed by atoms with Gasteiger partial charge in [-0.2, -0.15) is 0 Å². The first kappa shape index (κ1) is 16.0. The van der Waals surface area contributed by atoms with E-state index in [4.69, 9.17) is 14.2 Å². The van der Waals surface area contributed by atoms with Crippen LogP contribution in [0.5, 0.6) is 11.5 Å². The highest BCUT2D eigenvalue weighted by Gasteiger charge is 2.29. The molecule has 2 saturated heterocycles. The molecule has 8 heteroatoms. The standard InChI is InChI=1S/C17H21N3O5/c21-16(13-1-2-14-15(11-13)25-12-24-14)18-3-5-19(6-4-18)17(22)20-7-9-23-10-8-20/h1-2,11H,3-10,12H2. The Kier molecular flexibility index (Phi) is 4.35. The van der Waals surface area contributed by atoms with E-state index in [9.17, 15) is 9.59 Å². The average molecular weight is 347 g/mol. The fourth-order valence-corrected chi connectivity index (χ4v) is 3.27. The Labute approximate surface area is 145 Å². The number of hydrogen-bond acceptors (Lipinski definition) is 5. The van der Waals surface area contributed by atoms with Crippen molar-refractivity contribution in [3.63, 3.8) is 0 Å².